The Bertz CT molecular complexity index is 1400. The minimum atomic E-state index is -5.13. The molecule has 0 bridgehead atoms. The number of nitrogens with zero attached hydrogens (tertiary/aromatic N) is 4. The highest BCUT2D eigenvalue weighted by Gasteiger charge is 2.57. The molecule has 12 heteroatoms. The van der Waals surface area contributed by atoms with Crippen LogP contribution >= 0.6 is 0 Å². The van der Waals surface area contributed by atoms with Crippen molar-refractivity contribution < 1.29 is 33.0 Å². The Morgan fingerprint density at radius 2 is 1.92 bits per heavy atom. The standard InChI is InChI=1S/C25H26F3N5O4/c1-13-11-29-21-16(13)10-19(30-31-21)15-8-14-5-7-32(22(34)24(2,37)25(26,27)28)12-18(14)17(9-15)20-4-3-6-33(20)23(35)36/h8-11,20,37H,3-7,12H2,1-2H3,(H,29,31)(H,35,36)/t20-,24?/m0/s1. The molecule has 1 fully saturated rings. The lowest BCUT2D eigenvalue weighted by Gasteiger charge is -2.37. The monoisotopic (exact) mass is 517 g/mol. The maximum absolute atomic E-state index is 13.4. The first kappa shape index (κ1) is 25.0. The predicted molar refractivity (Wildman–Crippen MR) is 127 cm³/mol. The molecule has 1 saturated heterocycles. The first-order valence-corrected chi connectivity index (χ1v) is 11.9. The molecule has 0 radical (unpaired) electrons. The second kappa shape index (κ2) is 8.72. The third-order valence-electron chi connectivity index (χ3n) is 7.43. The summed E-state index contributed by atoms with van der Waals surface area (Å²) in [6, 6.07) is 5.05. The van der Waals surface area contributed by atoms with Gasteiger partial charge in [0, 0.05) is 36.8 Å². The normalized spacial score (nSPS) is 19.7. The molecule has 2 amide bonds. The van der Waals surface area contributed by atoms with E-state index in [0.29, 0.717) is 54.3 Å². The molecule has 3 aromatic rings. The molecular weight excluding hydrogens is 491 g/mol. The van der Waals surface area contributed by atoms with Crippen LogP contribution in [0.4, 0.5) is 18.0 Å². The number of carbonyl (C=O) groups is 2. The summed E-state index contributed by atoms with van der Waals surface area (Å²) in [5, 5.41) is 29.2. The van der Waals surface area contributed by atoms with Crippen molar-refractivity contribution in [2.24, 2.45) is 0 Å². The van der Waals surface area contributed by atoms with Gasteiger partial charge < -0.3 is 25.0 Å². The Labute approximate surface area is 209 Å². The number of aryl methyl sites for hydroxylation is 1. The lowest BCUT2D eigenvalue weighted by atomic mass is 9.87. The molecule has 1 aromatic carbocycles. The van der Waals surface area contributed by atoms with Crippen molar-refractivity contribution in [2.45, 2.75) is 57.5 Å². The van der Waals surface area contributed by atoms with Gasteiger partial charge in [-0.3, -0.25) is 4.79 Å². The van der Waals surface area contributed by atoms with Gasteiger partial charge in [0.25, 0.3) is 5.91 Å². The van der Waals surface area contributed by atoms with Crippen molar-refractivity contribution in [3.63, 3.8) is 0 Å². The van der Waals surface area contributed by atoms with Crippen LogP contribution in [0.5, 0.6) is 0 Å². The number of hydrogen-bond donors (Lipinski definition) is 3. The van der Waals surface area contributed by atoms with Crippen LogP contribution in [0.3, 0.4) is 0 Å². The molecule has 1 unspecified atom stereocenters. The van der Waals surface area contributed by atoms with Crippen LogP contribution in [0.2, 0.25) is 0 Å². The third kappa shape index (κ3) is 4.18. The van der Waals surface area contributed by atoms with Crippen LogP contribution in [0, 0.1) is 6.92 Å². The molecule has 4 heterocycles. The Morgan fingerprint density at radius 3 is 2.62 bits per heavy atom. The summed E-state index contributed by atoms with van der Waals surface area (Å²) in [4.78, 5) is 30.0. The maximum Gasteiger partial charge on any atom is 0.426 e. The largest absolute Gasteiger partial charge is 0.465 e. The zero-order chi connectivity index (χ0) is 26.7. The highest BCUT2D eigenvalue weighted by atomic mass is 19.4. The van der Waals surface area contributed by atoms with Crippen LogP contribution in [-0.4, -0.2) is 72.1 Å². The van der Waals surface area contributed by atoms with Crippen molar-refractivity contribution in [3.8, 4) is 11.3 Å². The van der Waals surface area contributed by atoms with Gasteiger partial charge in [0.05, 0.1) is 11.7 Å². The molecule has 2 aromatic heterocycles. The number of fused-ring (bicyclic) bond motifs is 2. The summed E-state index contributed by atoms with van der Waals surface area (Å²) < 4.78 is 40.1. The van der Waals surface area contributed by atoms with E-state index in [9.17, 15) is 33.0 Å². The van der Waals surface area contributed by atoms with Crippen LogP contribution in [0.15, 0.2) is 24.4 Å². The van der Waals surface area contributed by atoms with Crippen LogP contribution in [-0.2, 0) is 17.8 Å². The van der Waals surface area contributed by atoms with Crippen LogP contribution in [0.1, 0.15) is 48.1 Å². The van der Waals surface area contributed by atoms with Crippen molar-refractivity contribution in [2.75, 3.05) is 13.1 Å². The van der Waals surface area contributed by atoms with E-state index < -0.39 is 29.8 Å². The number of hydrogen-bond acceptors (Lipinski definition) is 5. The first-order valence-electron chi connectivity index (χ1n) is 11.9. The van der Waals surface area contributed by atoms with E-state index in [1.54, 1.807) is 6.07 Å². The zero-order valence-electron chi connectivity index (χ0n) is 20.3. The zero-order valence-corrected chi connectivity index (χ0v) is 20.3. The lowest BCUT2D eigenvalue weighted by Crippen LogP contribution is -2.56. The number of carbonyl (C=O) groups excluding carboxylic acids is 1. The molecule has 0 aliphatic carbocycles. The molecule has 9 nitrogen and oxygen atoms in total. The van der Waals surface area contributed by atoms with E-state index in [4.69, 9.17) is 0 Å². The second-order valence-corrected chi connectivity index (χ2v) is 9.85. The summed E-state index contributed by atoms with van der Waals surface area (Å²) >= 11 is 0. The molecule has 196 valence electrons. The van der Waals surface area contributed by atoms with Gasteiger partial charge in [0.1, 0.15) is 0 Å². The Hall–Kier alpha value is -3.67. The molecule has 2 atom stereocenters. The smallest absolute Gasteiger partial charge is 0.426 e. The van der Waals surface area contributed by atoms with Crippen LogP contribution < -0.4 is 0 Å². The van der Waals surface area contributed by atoms with E-state index in [0.717, 1.165) is 21.4 Å². The number of amides is 2. The van der Waals surface area contributed by atoms with E-state index >= 15 is 0 Å². The molecule has 2 aliphatic heterocycles. The van der Waals surface area contributed by atoms with Crippen LogP contribution in [0.25, 0.3) is 22.3 Å². The number of rotatable bonds is 3. The second-order valence-electron chi connectivity index (χ2n) is 9.85. The topological polar surface area (TPSA) is 123 Å². The highest BCUT2D eigenvalue weighted by molar-refractivity contribution is 5.86. The number of aromatic nitrogens is 3. The van der Waals surface area contributed by atoms with Gasteiger partial charge in [-0.2, -0.15) is 13.2 Å². The number of benzene rings is 1. The van der Waals surface area contributed by atoms with Crippen molar-refractivity contribution in [3.05, 3.63) is 46.6 Å². The van der Waals surface area contributed by atoms with Crippen molar-refractivity contribution >= 4 is 23.0 Å². The number of likely N-dealkylation sites (tertiary alicyclic amines) is 1. The van der Waals surface area contributed by atoms with E-state index in [1.807, 2.05) is 25.3 Å². The number of halogens is 3. The van der Waals surface area contributed by atoms with Gasteiger partial charge in [-0.25, -0.2) is 4.79 Å². The van der Waals surface area contributed by atoms with Gasteiger partial charge in [-0.1, -0.05) is 0 Å². The average molecular weight is 518 g/mol. The minimum Gasteiger partial charge on any atom is -0.465 e. The van der Waals surface area contributed by atoms with Crippen molar-refractivity contribution in [1.82, 2.24) is 25.0 Å². The summed E-state index contributed by atoms with van der Waals surface area (Å²) in [7, 11) is 0. The predicted octanol–water partition coefficient (Wildman–Crippen LogP) is 3.95. The number of aromatic amines is 1. The number of aliphatic hydroxyl groups is 1. The van der Waals surface area contributed by atoms with Gasteiger partial charge >= 0.3 is 12.3 Å². The Morgan fingerprint density at radius 1 is 1.16 bits per heavy atom. The van der Waals surface area contributed by atoms with Crippen molar-refractivity contribution in [1.29, 1.82) is 0 Å². The number of H-pyrrole nitrogens is 1. The lowest BCUT2D eigenvalue weighted by molar-refractivity contribution is -0.250. The Kier molecular flexibility index (Phi) is 5.89. The summed E-state index contributed by atoms with van der Waals surface area (Å²) in [5.41, 5.74) is 1.43. The van der Waals surface area contributed by atoms with E-state index in [-0.39, 0.29) is 19.5 Å². The molecule has 3 N–H and O–H groups in total. The third-order valence-corrected chi connectivity index (χ3v) is 7.43. The average Bonchev–Trinajstić information content (AvgIpc) is 3.49. The summed E-state index contributed by atoms with van der Waals surface area (Å²) in [6.07, 6.45) is -2.97. The molecule has 37 heavy (non-hydrogen) atoms. The maximum atomic E-state index is 13.4. The van der Waals surface area contributed by atoms with Gasteiger partial charge in [0.2, 0.25) is 5.60 Å². The van der Waals surface area contributed by atoms with E-state index in [1.165, 1.54) is 4.90 Å². The van der Waals surface area contributed by atoms with Gasteiger partial charge in [-0.05, 0) is 73.6 Å². The molecule has 0 saturated carbocycles. The quantitative estimate of drug-likeness (QED) is 0.484. The number of nitrogens with one attached hydrogen (secondary N) is 1. The molecule has 2 aliphatic rings. The summed E-state index contributed by atoms with van der Waals surface area (Å²) in [6.45, 7) is 2.54. The molecule has 5 rings (SSSR count). The van der Waals surface area contributed by atoms with Gasteiger partial charge in [0.15, 0.2) is 5.65 Å². The Balaban J connectivity index is 1.60. The first-order chi connectivity index (χ1) is 17.4. The van der Waals surface area contributed by atoms with Gasteiger partial charge in [-0.15, -0.1) is 10.2 Å². The summed E-state index contributed by atoms with van der Waals surface area (Å²) in [5.74, 6) is -1.43. The fraction of sp³-hybridized carbons (Fsp3) is 0.440. The van der Waals surface area contributed by atoms with E-state index in [2.05, 4.69) is 15.2 Å². The number of carboxylic acid groups (broad SMARTS) is 1. The SMILES string of the molecule is Cc1c[nH]c2nnc(-c3cc4c(c([C@@H]5CCCN5C(=O)O)c3)CN(C(=O)C(C)(O)C(F)(F)F)CC4)cc12. The minimum absolute atomic E-state index is 0.0180. The number of alkyl halides is 3. The highest BCUT2D eigenvalue weighted by Crippen LogP contribution is 2.40. The molecular formula is C25H26F3N5O4. The fourth-order valence-corrected chi connectivity index (χ4v) is 5.26. The molecule has 0 spiro atoms. The fourth-order valence-electron chi connectivity index (χ4n) is 5.26.